The van der Waals surface area contributed by atoms with Crippen LogP contribution in [0, 0.1) is 5.92 Å². The van der Waals surface area contributed by atoms with Gasteiger partial charge in [-0.3, -0.25) is 0 Å². The first-order chi connectivity index (χ1) is 6.68. The van der Waals surface area contributed by atoms with Crippen LogP contribution < -0.4 is 4.72 Å². The number of hydrogen-bond donors (Lipinski definition) is 1. The molecule has 76 valence electrons. The van der Waals surface area contributed by atoms with Gasteiger partial charge in [0.25, 0.3) is 0 Å². The van der Waals surface area contributed by atoms with Gasteiger partial charge in [0.15, 0.2) is 0 Å². The van der Waals surface area contributed by atoms with Gasteiger partial charge in [0, 0.05) is 6.54 Å². The minimum atomic E-state index is -3.27. The Morgan fingerprint density at radius 3 is 2.43 bits per heavy atom. The van der Waals surface area contributed by atoms with Crippen molar-refractivity contribution in [2.45, 2.75) is 17.7 Å². The molecule has 2 rings (SSSR count). The maximum atomic E-state index is 11.7. The maximum absolute atomic E-state index is 11.7. The molecule has 0 amide bonds. The Morgan fingerprint density at radius 2 is 1.86 bits per heavy atom. The Kier molecular flexibility index (Phi) is 2.56. The summed E-state index contributed by atoms with van der Waals surface area (Å²) < 4.78 is 25.9. The van der Waals surface area contributed by atoms with Gasteiger partial charge in [0.1, 0.15) is 0 Å². The summed E-state index contributed by atoms with van der Waals surface area (Å²) in [5.74, 6) is 0.563. The Balaban J connectivity index is 2.07. The standard InChI is InChI=1S/C10H13NO2S/c12-14(13,11-8-9-6-7-9)10-4-2-1-3-5-10/h1-5,9,11H,6-8H2. The highest BCUT2D eigenvalue weighted by Gasteiger charge is 2.23. The first kappa shape index (κ1) is 9.68. The lowest BCUT2D eigenvalue weighted by molar-refractivity contribution is 0.577. The van der Waals surface area contributed by atoms with E-state index in [-0.39, 0.29) is 0 Å². The van der Waals surface area contributed by atoms with Gasteiger partial charge >= 0.3 is 0 Å². The van der Waals surface area contributed by atoms with E-state index in [1.165, 1.54) is 0 Å². The van der Waals surface area contributed by atoms with Crippen molar-refractivity contribution in [3.63, 3.8) is 0 Å². The van der Waals surface area contributed by atoms with Crippen molar-refractivity contribution in [2.24, 2.45) is 5.92 Å². The van der Waals surface area contributed by atoms with Crippen LogP contribution in [0.5, 0.6) is 0 Å². The van der Waals surface area contributed by atoms with Gasteiger partial charge in [0.2, 0.25) is 10.0 Å². The van der Waals surface area contributed by atoms with Gasteiger partial charge in [0.05, 0.1) is 4.90 Å². The first-order valence-corrected chi connectivity index (χ1v) is 6.21. The first-order valence-electron chi connectivity index (χ1n) is 4.73. The van der Waals surface area contributed by atoms with E-state index in [1.54, 1.807) is 30.3 Å². The molecule has 14 heavy (non-hydrogen) atoms. The van der Waals surface area contributed by atoms with Crippen LogP contribution in [0.1, 0.15) is 12.8 Å². The molecule has 0 atom stereocenters. The van der Waals surface area contributed by atoms with Gasteiger partial charge in [-0.25, -0.2) is 13.1 Å². The van der Waals surface area contributed by atoms with Crippen LogP contribution in [-0.4, -0.2) is 15.0 Å². The zero-order chi connectivity index (χ0) is 10.0. The van der Waals surface area contributed by atoms with Crippen molar-refractivity contribution in [1.82, 2.24) is 4.72 Å². The summed E-state index contributed by atoms with van der Waals surface area (Å²) in [7, 11) is -3.27. The summed E-state index contributed by atoms with van der Waals surface area (Å²) in [6.07, 6.45) is 2.30. The lowest BCUT2D eigenvalue weighted by Crippen LogP contribution is -2.25. The van der Waals surface area contributed by atoms with Gasteiger partial charge in [-0.15, -0.1) is 0 Å². The average molecular weight is 211 g/mol. The molecule has 0 unspecified atom stereocenters. The van der Waals surface area contributed by atoms with Crippen molar-refractivity contribution in [3.8, 4) is 0 Å². The van der Waals surface area contributed by atoms with Gasteiger partial charge in [-0.2, -0.15) is 0 Å². The highest BCUT2D eigenvalue weighted by molar-refractivity contribution is 7.89. The lowest BCUT2D eigenvalue weighted by atomic mass is 10.4. The normalized spacial score (nSPS) is 16.9. The molecular formula is C10H13NO2S. The van der Waals surface area contributed by atoms with E-state index in [1.807, 2.05) is 0 Å². The SMILES string of the molecule is O=S(=O)(NCC1CC1)c1ccccc1. The van der Waals surface area contributed by atoms with Crippen LogP contribution in [0.2, 0.25) is 0 Å². The minimum absolute atomic E-state index is 0.348. The van der Waals surface area contributed by atoms with E-state index >= 15 is 0 Å². The molecule has 1 fully saturated rings. The molecule has 0 aromatic heterocycles. The Labute approximate surface area is 84.2 Å². The molecule has 0 bridgehead atoms. The summed E-state index contributed by atoms with van der Waals surface area (Å²) in [5.41, 5.74) is 0. The second-order valence-electron chi connectivity index (χ2n) is 3.61. The predicted octanol–water partition coefficient (Wildman–Crippen LogP) is 1.37. The minimum Gasteiger partial charge on any atom is -0.211 e. The van der Waals surface area contributed by atoms with Gasteiger partial charge in [-0.05, 0) is 30.9 Å². The highest BCUT2D eigenvalue weighted by Crippen LogP contribution is 2.28. The molecule has 0 spiro atoms. The number of sulfonamides is 1. The molecule has 1 aliphatic carbocycles. The third-order valence-electron chi connectivity index (χ3n) is 2.31. The van der Waals surface area contributed by atoms with E-state index in [2.05, 4.69) is 4.72 Å². The number of hydrogen-bond acceptors (Lipinski definition) is 2. The lowest BCUT2D eigenvalue weighted by Gasteiger charge is -2.04. The molecule has 0 heterocycles. The summed E-state index contributed by atoms with van der Waals surface area (Å²) in [4.78, 5) is 0.348. The fourth-order valence-electron chi connectivity index (χ4n) is 1.23. The van der Waals surface area contributed by atoms with Crippen molar-refractivity contribution in [3.05, 3.63) is 30.3 Å². The molecular weight excluding hydrogens is 198 g/mol. The van der Waals surface area contributed by atoms with Gasteiger partial charge < -0.3 is 0 Å². The molecule has 1 aliphatic rings. The molecule has 0 aliphatic heterocycles. The maximum Gasteiger partial charge on any atom is 0.240 e. The topological polar surface area (TPSA) is 46.2 Å². The number of rotatable bonds is 4. The summed E-state index contributed by atoms with van der Waals surface area (Å²) in [6.45, 7) is 0.581. The summed E-state index contributed by atoms with van der Waals surface area (Å²) in [5, 5.41) is 0. The van der Waals surface area contributed by atoms with E-state index in [4.69, 9.17) is 0 Å². The zero-order valence-corrected chi connectivity index (χ0v) is 8.63. The largest absolute Gasteiger partial charge is 0.240 e. The smallest absolute Gasteiger partial charge is 0.211 e. The van der Waals surface area contributed by atoms with E-state index < -0.39 is 10.0 Å². The van der Waals surface area contributed by atoms with E-state index in [9.17, 15) is 8.42 Å². The monoisotopic (exact) mass is 211 g/mol. The third-order valence-corrected chi connectivity index (χ3v) is 3.75. The molecule has 1 N–H and O–H groups in total. The van der Waals surface area contributed by atoms with Crippen LogP contribution in [0.4, 0.5) is 0 Å². The quantitative estimate of drug-likeness (QED) is 0.817. The average Bonchev–Trinajstić information content (AvgIpc) is 3.00. The van der Waals surface area contributed by atoms with E-state index in [0.717, 1.165) is 12.8 Å². The van der Waals surface area contributed by atoms with Crippen molar-refractivity contribution in [2.75, 3.05) is 6.54 Å². The fraction of sp³-hybridized carbons (Fsp3) is 0.400. The second-order valence-corrected chi connectivity index (χ2v) is 5.38. The molecule has 4 heteroatoms. The summed E-state index contributed by atoms with van der Waals surface area (Å²) in [6, 6.07) is 8.47. The van der Waals surface area contributed by atoms with Crippen molar-refractivity contribution in [1.29, 1.82) is 0 Å². The molecule has 1 aromatic carbocycles. The number of nitrogens with one attached hydrogen (secondary N) is 1. The molecule has 1 saturated carbocycles. The number of benzene rings is 1. The summed E-state index contributed by atoms with van der Waals surface area (Å²) >= 11 is 0. The Bertz CT molecular complexity index is 395. The Morgan fingerprint density at radius 1 is 1.21 bits per heavy atom. The molecule has 3 nitrogen and oxygen atoms in total. The van der Waals surface area contributed by atoms with Crippen LogP contribution in [0.3, 0.4) is 0 Å². The van der Waals surface area contributed by atoms with Crippen LogP contribution in [-0.2, 0) is 10.0 Å². The zero-order valence-electron chi connectivity index (χ0n) is 7.81. The van der Waals surface area contributed by atoms with Crippen molar-refractivity contribution >= 4 is 10.0 Å². The third kappa shape index (κ3) is 2.33. The highest BCUT2D eigenvalue weighted by atomic mass is 32.2. The van der Waals surface area contributed by atoms with Crippen LogP contribution in [0.25, 0.3) is 0 Å². The van der Waals surface area contributed by atoms with E-state index in [0.29, 0.717) is 17.4 Å². The Hall–Kier alpha value is -0.870. The van der Waals surface area contributed by atoms with Crippen LogP contribution in [0.15, 0.2) is 35.2 Å². The second kappa shape index (κ2) is 3.71. The fourth-order valence-corrected chi connectivity index (χ4v) is 2.37. The molecule has 1 aromatic rings. The molecule has 0 radical (unpaired) electrons. The van der Waals surface area contributed by atoms with Crippen LogP contribution >= 0.6 is 0 Å². The van der Waals surface area contributed by atoms with Gasteiger partial charge in [-0.1, -0.05) is 18.2 Å². The van der Waals surface area contributed by atoms with Crippen molar-refractivity contribution < 1.29 is 8.42 Å². The molecule has 0 saturated heterocycles. The predicted molar refractivity (Wildman–Crippen MR) is 54.4 cm³/mol.